The SMILES string of the molecule is O=C(CCn1ccnn1)NCc1nc(C(=O)O)cs1. The van der Waals surface area contributed by atoms with Crippen molar-refractivity contribution in [2.24, 2.45) is 0 Å². The van der Waals surface area contributed by atoms with Crippen LogP contribution in [0.2, 0.25) is 0 Å². The van der Waals surface area contributed by atoms with Crippen molar-refractivity contribution in [2.75, 3.05) is 0 Å². The fourth-order valence-electron chi connectivity index (χ4n) is 1.32. The van der Waals surface area contributed by atoms with Crippen LogP contribution in [0.5, 0.6) is 0 Å². The quantitative estimate of drug-likeness (QED) is 0.779. The number of aromatic nitrogens is 4. The Morgan fingerprint density at radius 1 is 1.47 bits per heavy atom. The Kier molecular flexibility index (Phi) is 4.18. The first-order valence-corrected chi connectivity index (χ1v) is 6.31. The van der Waals surface area contributed by atoms with Crippen molar-refractivity contribution >= 4 is 23.2 Å². The second kappa shape index (κ2) is 6.05. The van der Waals surface area contributed by atoms with Crippen molar-refractivity contribution in [3.63, 3.8) is 0 Å². The number of carbonyl (C=O) groups excluding carboxylic acids is 1. The molecule has 9 heteroatoms. The smallest absolute Gasteiger partial charge is 0.355 e. The zero-order chi connectivity index (χ0) is 13.7. The number of aryl methyl sites for hydroxylation is 1. The maximum Gasteiger partial charge on any atom is 0.355 e. The van der Waals surface area contributed by atoms with E-state index in [1.807, 2.05) is 0 Å². The van der Waals surface area contributed by atoms with Crippen LogP contribution in [-0.2, 0) is 17.9 Å². The number of aromatic carboxylic acids is 1. The van der Waals surface area contributed by atoms with E-state index in [0.29, 0.717) is 11.6 Å². The minimum absolute atomic E-state index is 0.00290. The van der Waals surface area contributed by atoms with Crippen LogP contribution >= 0.6 is 11.3 Å². The number of amides is 1. The number of carboxylic acid groups (broad SMARTS) is 1. The molecule has 2 rings (SSSR count). The number of thiazole rings is 1. The summed E-state index contributed by atoms with van der Waals surface area (Å²) >= 11 is 1.20. The van der Waals surface area contributed by atoms with Crippen molar-refractivity contribution < 1.29 is 14.7 Å². The van der Waals surface area contributed by atoms with Gasteiger partial charge in [-0.25, -0.2) is 9.78 Å². The van der Waals surface area contributed by atoms with Crippen LogP contribution in [0.25, 0.3) is 0 Å². The van der Waals surface area contributed by atoms with E-state index in [1.165, 1.54) is 16.7 Å². The molecule has 1 amide bonds. The van der Waals surface area contributed by atoms with Gasteiger partial charge in [-0.3, -0.25) is 9.48 Å². The lowest BCUT2D eigenvalue weighted by Gasteiger charge is -2.02. The number of carboxylic acids is 1. The fraction of sp³-hybridized carbons (Fsp3) is 0.300. The Bertz CT molecular complexity index is 565. The molecule has 0 spiro atoms. The Balaban J connectivity index is 1.75. The lowest BCUT2D eigenvalue weighted by atomic mass is 10.4. The van der Waals surface area contributed by atoms with Gasteiger partial charge in [0, 0.05) is 18.0 Å². The summed E-state index contributed by atoms with van der Waals surface area (Å²) in [5.41, 5.74) is -0.00290. The molecule has 2 heterocycles. The Labute approximate surface area is 112 Å². The predicted octanol–water partition coefficient (Wildman–Crippen LogP) is 0.139. The normalized spacial score (nSPS) is 10.3. The van der Waals surface area contributed by atoms with Crippen molar-refractivity contribution in [3.8, 4) is 0 Å². The van der Waals surface area contributed by atoms with E-state index < -0.39 is 5.97 Å². The minimum Gasteiger partial charge on any atom is -0.476 e. The maximum absolute atomic E-state index is 11.5. The molecule has 19 heavy (non-hydrogen) atoms. The number of rotatable bonds is 6. The second-order valence-corrected chi connectivity index (χ2v) is 4.57. The molecule has 0 bridgehead atoms. The number of hydrogen-bond donors (Lipinski definition) is 2. The highest BCUT2D eigenvalue weighted by atomic mass is 32.1. The van der Waals surface area contributed by atoms with Gasteiger partial charge in [0.15, 0.2) is 5.69 Å². The summed E-state index contributed by atoms with van der Waals surface area (Å²) in [6.45, 7) is 0.679. The van der Waals surface area contributed by atoms with Crippen molar-refractivity contribution in [3.05, 3.63) is 28.5 Å². The summed E-state index contributed by atoms with van der Waals surface area (Å²) in [4.78, 5) is 26.0. The Morgan fingerprint density at radius 3 is 2.95 bits per heavy atom. The summed E-state index contributed by atoms with van der Waals surface area (Å²) in [5.74, 6) is -1.22. The zero-order valence-corrected chi connectivity index (χ0v) is 10.6. The summed E-state index contributed by atoms with van der Waals surface area (Å²) in [6, 6.07) is 0. The van der Waals surface area contributed by atoms with Gasteiger partial charge in [0.1, 0.15) is 5.01 Å². The molecule has 0 aliphatic rings. The first-order valence-electron chi connectivity index (χ1n) is 5.43. The average molecular weight is 281 g/mol. The maximum atomic E-state index is 11.5. The fourth-order valence-corrected chi connectivity index (χ4v) is 2.03. The molecular formula is C10H11N5O3S. The first kappa shape index (κ1) is 13.1. The summed E-state index contributed by atoms with van der Waals surface area (Å²) < 4.78 is 1.56. The van der Waals surface area contributed by atoms with E-state index >= 15 is 0 Å². The minimum atomic E-state index is -1.07. The van der Waals surface area contributed by atoms with Gasteiger partial charge in [0.05, 0.1) is 19.3 Å². The molecule has 0 saturated heterocycles. The molecule has 2 aromatic rings. The van der Waals surface area contributed by atoms with Gasteiger partial charge in [0.25, 0.3) is 0 Å². The van der Waals surface area contributed by atoms with Crippen LogP contribution in [0, 0.1) is 0 Å². The predicted molar refractivity (Wildman–Crippen MR) is 65.6 cm³/mol. The molecule has 0 fully saturated rings. The third-order valence-electron chi connectivity index (χ3n) is 2.25. The topological polar surface area (TPSA) is 110 Å². The molecule has 0 aliphatic carbocycles. The highest BCUT2D eigenvalue weighted by Gasteiger charge is 2.09. The van der Waals surface area contributed by atoms with Gasteiger partial charge in [-0.15, -0.1) is 16.4 Å². The monoisotopic (exact) mass is 281 g/mol. The third kappa shape index (κ3) is 3.85. The van der Waals surface area contributed by atoms with Crippen LogP contribution in [0.4, 0.5) is 0 Å². The standard InChI is InChI=1S/C10H11N5O3S/c16-8(1-3-15-4-2-12-14-15)11-5-9-13-7(6-19-9)10(17)18/h2,4,6H,1,3,5H2,(H,11,16)(H,17,18). The third-order valence-corrected chi connectivity index (χ3v) is 3.10. The van der Waals surface area contributed by atoms with Crippen molar-refractivity contribution in [1.29, 1.82) is 0 Å². The highest BCUT2D eigenvalue weighted by molar-refractivity contribution is 7.09. The molecule has 2 N–H and O–H groups in total. The van der Waals surface area contributed by atoms with E-state index in [0.717, 1.165) is 0 Å². The molecule has 0 aliphatic heterocycles. The van der Waals surface area contributed by atoms with E-state index in [-0.39, 0.29) is 24.6 Å². The Morgan fingerprint density at radius 2 is 2.32 bits per heavy atom. The molecule has 2 aromatic heterocycles. The zero-order valence-electron chi connectivity index (χ0n) is 9.81. The largest absolute Gasteiger partial charge is 0.476 e. The second-order valence-electron chi connectivity index (χ2n) is 3.62. The van der Waals surface area contributed by atoms with Crippen LogP contribution in [-0.4, -0.2) is 37.0 Å². The Hall–Kier alpha value is -2.29. The molecule has 0 aromatic carbocycles. The van der Waals surface area contributed by atoms with Gasteiger partial charge in [-0.2, -0.15) is 0 Å². The van der Waals surface area contributed by atoms with Crippen molar-refractivity contribution in [1.82, 2.24) is 25.3 Å². The van der Waals surface area contributed by atoms with E-state index in [1.54, 1.807) is 17.1 Å². The van der Waals surface area contributed by atoms with Gasteiger partial charge < -0.3 is 10.4 Å². The molecule has 8 nitrogen and oxygen atoms in total. The van der Waals surface area contributed by atoms with Crippen molar-refractivity contribution in [2.45, 2.75) is 19.5 Å². The number of nitrogens with zero attached hydrogens (tertiary/aromatic N) is 4. The molecule has 0 atom stereocenters. The first-order chi connectivity index (χ1) is 9.15. The number of hydrogen-bond acceptors (Lipinski definition) is 6. The number of nitrogens with one attached hydrogen (secondary N) is 1. The van der Waals surface area contributed by atoms with Crippen LogP contribution in [0.1, 0.15) is 21.9 Å². The molecule has 0 saturated carbocycles. The summed E-state index contributed by atoms with van der Waals surface area (Å²) in [6.07, 6.45) is 3.49. The molecular weight excluding hydrogens is 270 g/mol. The van der Waals surface area contributed by atoms with Gasteiger partial charge in [-0.1, -0.05) is 5.21 Å². The van der Waals surface area contributed by atoms with Crippen LogP contribution < -0.4 is 5.32 Å². The van der Waals surface area contributed by atoms with Gasteiger partial charge in [0.2, 0.25) is 5.91 Å². The van der Waals surface area contributed by atoms with E-state index in [4.69, 9.17) is 5.11 Å². The average Bonchev–Trinajstić information content (AvgIpc) is 3.05. The van der Waals surface area contributed by atoms with Gasteiger partial charge in [-0.05, 0) is 0 Å². The van der Waals surface area contributed by atoms with Gasteiger partial charge >= 0.3 is 5.97 Å². The van der Waals surface area contributed by atoms with Crippen LogP contribution in [0.3, 0.4) is 0 Å². The lowest BCUT2D eigenvalue weighted by molar-refractivity contribution is -0.121. The summed E-state index contributed by atoms with van der Waals surface area (Å²) in [5, 5.41) is 20.8. The van der Waals surface area contributed by atoms with E-state index in [2.05, 4.69) is 20.6 Å². The molecule has 0 unspecified atom stereocenters. The van der Waals surface area contributed by atoms with Crippen LogP contribution in [0.15, 0.2) is 17.8 Å². The number of carbonyl (C=O) groups is 2. The molecule has 100 valence electrons. The lowest BCUT2D eigenvalue weighted by Crippen LogP contribution is -2.24. The summed E-state index contributed by atoms with van der Waals surface area (Å²) in [7, 11) is 0. The highest BCUT2D eigenvalue weighted by Crippen LogP contribution is 2.09. The molecule has 0 radical (unpaired) electrons. The van der Waals surface area contributed by atoms with E-state index in [9.17, 15) is 9.59 Å².